The minimum atomic E-state index is -0.282. The number of amides is 1. The SMILES string of the molecule is Cc1cccc(-c2nc(C)c(C(=O)N/N=C/c3cc(C)c(O)c(C)c3)s2)c1C. The van der Waals surface area contributed by atoms with Gasteiger partial charge in [0.2, 0.25) is 0 Å². The first kappa shape index (κ1) is 19.8. The summed E-state index contributed by atoms with van der Waals surface area (Å²) in [5.41, 5.74) is 9.01. The molecule has 0 spiro atoms. The molecule has 1 aromatic heterocycles. The predicted molar refractivity (Wildman–Crippen MR) is 114 cm³/mol. The Morgan fingerprint density at radius 3 is 2.46 bits per heavy atom. The van der Waals surface area contributed by atoms with Crippen LogP contribution in [0.15, 0.2) is 35.4 Å². The Balaban J connectivity index is 1.78. The Labute approximate surface area is 168 Å². The van der Waals surface area contributed by atoms with E-state index in [9.17, 15) is 9.90 Å². The largest absolute Gasteiger partial charge is 0.507 e. The van der Waals surface area contributed by atoms with E-state index in [2.05, 4.69) is 35.4 Å². The normalized spacial score (nSPS) is 11.2. The maximum Gasteiger partial charge on any atom is 0.283 e. The van der Waals surface area contributed by atoms with Gasteiger partial charge < -0.3 is 5.11 Å². The molecule has 2 N–H and O–H groups in total. The van der Waals surface area contributed by atoms with Gasteiger partial charge in [-0.1, -0.05) is 18.2 Å². The van der Waals surface area contributed by atoms with Crippen LogP contribution in [-0.4, -0.2) is 22.2 Å². The Kier molecular flexibility index (Phi) is 5.61. The molecular weight excluding hydrogens is 370 g/mol. The topological polar surface area (TPSA) is 74.6 Å². The highest BCUT2D eigenvalue weighted by molar-refractivity contribution is 7.17. The van der Waals surface area contributed by atoms with Crippen LogP contribution < -0.4 is 5.43 Å². The number of hydrogen-bond donors (Lipinski definition) is 2. The van der Waals surface area contributed by atoms with E-state index in [4.69, 9.17) is 0 Å². The lowest BCUT2D eigenvalue weighted by Gasteiger charge is -2.05. The number of hydrogen-bond acceptors (Lipinski definition) is 5. The monoisotopic (exact) mass is 393 g/mol. The van der Waals surface area contributed by atoms with Gasteiger partial charge in [0, 0.05) is 5.56 Å². The van der Waals surface area contributed by atoms with Crippen molar-refractivity contribution in [3.63, 3.8) is 0 Å². The summed E-state index contributed by atoms with van der Waals surface area (Å²) in [6.45, 7) is 9.61. The number of aryl methyl sites for hydroxylation is 4. The molecule has 0 aliphatic rings. The molecule has 0 aliphatic heterocycles. The van der Waals surface area contributed by atoms with Crippen molar-refractivity contribution in [3.05, 3.63) is 68.7 Å². The first-order valence-electron chi connectivity index (χ1n) is 8.95. The first-order valence-corrected chi connectivity index (χ1v) is 9.77. The molecule has 0 bridgehead atoms. The van der Waals surface area contributed by atoms with Crippen LogP contribution in [0.3, 0.4) is 0 Å². The number of nitrogens with one attached hydrogen (secondary N) is 1. The minimum absolute atomic E-state index is 0.278. The Morgan fingerprint density at radius 1 is 1.11 bits per heavy atom. The number of phenolic OH excluding ortho intramolecular Hbond substituents is 1. The predicted octanol–water partition coefficient (Wildman–Crippen LogP) is 4.82. The fourth-order valence-electron chi connectivity index (χ4n) is 2.99. The van der Waals surface area contributed by atoms with Crippen molar-refractivity contribution in [2.75, 3.05) is 0 Å². The van der Waals surface area contributed by atoms with Crippen LogP contribution in [0.5, 0.6) is 5.75 Å². The standard InChI is InChI=1S/C22H23N3O2S/c1-12-7-6-8-18(15(12)4)22-24-16(5)20(28-22)21(27)25-23-11-17-9-13(2)19(26)14(3)10-17/h6-11,26H,1-5H3,(H,25,27)/b23-11+. The molecule has 6 heteroatoms. The smallest absolute Gasteiger partial charge is 0.283 e. The second kappa shape index (κ2) is 7.94. The Morgan fingerprint density at radius 2 is 1.79 bits per heavy atom. The number of aromatic hydroxyl groups is 1. The summed E-state index contributed by atoms with van der Waals surface area (Å²) in [6, 6.07) is 9.72. The highest BCUT2D eigenvalue weighted by Gasteiger charge is 2.17. The fourth-order valence-corrected chi connectivity index (χ4v) is 4.02. The number of nitrogens with zero attached hydrogens (tertiary/aromatic N) is 2. The Hall–Kier alpha value is -2.99. The van der Waals surface area contributed by atoms with E-state index < -0.39 is 0 Å². The third-order valence-corrected chi connectivity index (χ3v) is 5.92. The van der Waals surface area contributed by atoms with Crippen LogP contribution >= 0.6 is 11.3 Å². The van der Waals surface area contributed by atoms with Gasteiger partial charge in [-0.15, -0.1) is 11.3 Å². The average molecular weight is 394 g/mol. The lowest BCUT2D eigenvalue weighted by atomic mass is 10.0. The maximum atomic E-state index is 12.5. The molecule has 1 amide bonds. The first-order chi connectivity index (χ1) is 13.3. The molecule has 28 heavy (non-hydrogen) atoms. The van der Waals surface area contributed by atoms with Crippen molar-refractivity contribution >= 4 is 23.5 Å². The maximum absolute atomic E-state index is 12.5. The number of carbonyl (C=O) groups is 1. The zero-order valence-corrected chi connectivity index (χ0v) is 17.4. The third-order valence-electron chi connectivity index (χ3n) is 4.73. The zero-order chi connectivity index (χ0) is 20.4. The molecular formula is C22H23N3O2S. The van der Waals surface area contributed by atoms with Gasteiger partial charge in [-0.25, -0.2) is 10.4 Å². The van der Waals surface area contributed by atoms with Crippen LogP contribution in [0.4, 0.5) is 0 Å². The summed E-state index contributed by atoms with van der Waals surface area (Å²) in [5, 5.41) is 14.7. The van der Waals surface area contributed by atoms with Crippen molar-refractivity contribution in [1.82, 2.24) is 10.4 Å². The lowest BCUT2D eigenvalue weighted by Crippen LogP contribution is -2.17. The van der Waals surface area contributed by atoms with Crippen LogP contribution in [0.25, 0.3) is 10.6 Å². The van der Waals surface area contributed by atoms with E-state index in [-0.39, 0.29) is 11.7 Å². The van der Waals surface area contributed by atoms with E-state index in [0.29, 0.717) is 10.6 Å². The highest BCUT2D eigenvalue weighted by Crippen LogP contribution is 2.31. The number of rotatable bonds is 4. The number of aromatic nitrogens is 1. The quantitative estimate of drug-likeness (QED) is 0.493. The van der Waals surface area contributed by atoms with E-state index in [1.165, 1.54) is 22.5 Å². The lowest BCUT2D eigenvalue weighted by molar-refractivity contribution is 0.0958. The summed E-state index contributed by atoms with van der Waals surface area (Å²) < 4.78 is 0. The van der Waals surface area contributed by atoms with Crippen LogP contribution in [0, 0.1) is 34.6 Å². The molecule has 3 aromatic rings. The number of phenols is 1. The zero-order valence-electron chi connectivity index (χ0n) is 16.6. The van der Waals surface area contributed by atoms with E-state index >= 15 is 0 Å². The molecule has 0 atom stereocenters. The van der Waals surface area contributed by atoms with Gasteiger partial charge in [0.15, 0.2) is 0 Å². The summed E-state index contributed by atoms with van der Waals surface area (Å²) in [4.78, 5) is 17.7. The van der Waals surface area contributed by atoms with Crippen LogP contribution in [0.1, 0.15) is 43.2 Å². The third kappa shape index (κ3) is 3.97. The molecule has 1 heterocycles. The van der Waals surface area contributed by atoms with E-state index in [1.807, 2.05) is 45.0 Å². The van der Waals surface area contributed by atoms with Gasteiger partial charge in [-0.3, -0.25) is 4.79 Å². The number of benzene rings is 2. The molecule has 0 saturated carbocycles. The highest BCUT2D eigenvalue weighted by atomic mass is 32.1. The van der Waals surface area contributed by atoms with Crippen molar-refractivity contribution < 1.29 is 9.90 Å². The number of thiazole rings is 1. The van der Waals surface area contributed by atoms with Gasteiger partial charge >= 0.3 is 0 Å². The summed E-state index contributed by atoms with van der Waals surface area (Å²) in [5.74, 6) is -0.00419. The molecule has 2 aromatic carbocycles. The molecule has 0 aliphatic carbocycles. The van der Waals surface area contributed by atoms with Gasteiger partial charge in [0.05, 0.1) is 11.9 Å². The summed E-state index contributed by atoms with van der Waals surface area (Å²) >= 11 is 1.37. The molecule has 0 radical (unpaired) electrons. The second-order valence-electron chi connectivity index (χ2n) is 6.88. The molecule has 0 unspecified atom stereocenters. The van der Waals surface area contributed by atoms with Crippen molar-refractivity contribution in [2.45, 2.75) is 34.6 Å². The van der Waals surface area contributed by atoms with Crippen LogP contribution in [-0.2, 0) is 0 Å². The van der Waals surface area contributed by atoms with E-state index in [1.54, 1.807) is 6.21 Å². The Bertz CT molecular complexity index is 1060. The van der Waals surface area contributed by atoms with Crippen molar-refractivity contribution in [3.8, 4) is 16.3 Å². The minimum Gasteiger partial charge on any atom is -0.507 e. The number of carbonyl (C=O) groups excluding carboxylic acids is 1. The van der Waals surface area contributed by atoms with Gasteiger partial charge in [0.25, 0.3) is 5.91 Å². The average Bonchev–Trinajstić information content (AvgIpc) is 3.03. The van der Waals surface area contributed by atoms with Crippen molar-refractivity contribution in [2.24, 2.45) is 5.10 Å². The molecule has 3 rings (SSSR count). The van der Waals surface area contributed by atoms with Crippen LogP contribution in [0.2, 0.25) is 0 Å². The fraction of sp³-hybridized carbons (Fsp3) is 0.227. The number of hydrazone groups is 1. The molecule has 0 fully saturated rings. The van der Waals surface area contributed by atoms with Gasteiger partial charge in [-0.05, 0) is 74.6 Å². The summed E-state index contributed by atoms with van der Waals surface area (Å²) in [6.07, 6.45) is 1.57. The molecule has 144 valence electrons. The van der Waals surface area contributed by atoms with Gasteiger partial charge in [-0.2, -0.15) is 5.10 Å². The summed E-state index contributed by atoms with van der Waals surface area (Å²) in [7, 11) is 0. The van der Waals surface area contributed by atoms with Crippen molar-refractivity contribution in [1.29, 1.82) is 0 Å². The van der Waals surface area contributed by atoms with Gasteiger partial charge in [0.1, 0.15) is 15.6 Å². The molecule has 5 nitrogen and oxygen atoms in total. The van der Waals surface area contributed by atoms with E-state index in [0.717, 1.165) is 27.3 Å². The molecule has 0 saturated heterocycles. The second-order valence-corrected chi connectivity index (χ2v) is 7.88.